The van der Waals surface area contributed by atoms with Gasteiger partial charge < -0.3 is 30.3 Å². The van der Waals surface area contributed by atoms with Crippen LogP contribution in [-0.2, 0) is 9.53 Å². The Morgan fingerprint density at radius 2 is 1.87 bits per heavy atom. The van der Waals surface area contributed by atoms with Gasteiger partial charge in [0, 0.05) is 23.3 Å². The number of ether oxygens (including phenoxy) is 1. The van der Waals surface area contributed by atoms with Gasteiger partial charge in [-0.1, -0.05) is 6.92 Å². The summed E-state index contributed by atoms with van der Waals surface area (Å²) >= 11 is 0. The molecule has 7 nitrogen and oxygen atoms in total. The van der Waals surface area contributed by atoms with E-state index in [0.29, 0.717) is 44.9 Å². The lowest BCUT2D eigenvalue weighted by molar-refractivity contribution is -0.288. The van der Waals surface area contributed by atoms with Gasteiger partial charge in [-0.05, 0) is 68.3 Å². The van der Waals surface area contributed by atoms with Crippen molar-refractivity contribution in [3.8, 4) is 0 Å². The Morgan fingerprint density at radius 1 is 1.10 bits per heavy atom. The van der Waals surface area contributed by atoms with Gasteiger partial charge in [-0.3, -0.25) is 0 Å². The van der Waals surface area contributed by atoms with Gasteiger partial charge in [0.2, 0.25) is 0 Å². The van der Waals surface area contributed by atoms with E-state index < -0.39 is 34.2 Å². The Labute approximate surface area is 176 Å². The molecule has 0 aromatic heterocycles. The van der Waals surface area contributed by atoms with Crippen molar-refractivity contribution in [2.75, 3.05) is 13.2 Å². The van der Waals surface area contributed by atoms with E-state index in [4.69, 9.17) is 4.74 Å². The molecule has 9 unspecified atom stereocenters. The van der Waals surface area contributed by atoms with E-state index in [9.17, 15) is 30.3 Å². The summed E-state index contributed by atoms with van der Waals surface area (Å²) < 4.78 is 5.12. The van der Waals surface area contributed by atoms with Crippen LogP contribution in [0.3, 0.4) is 0 Å². The van der Waals surface area contributed by atoms with Gasteiger partial charge in [0.1, 0.15) is 6.61 Å². The Balaban J connectivity index is 1.55. The molecule has 0 aromatic rings. The zero-order valence-corrected chi connectivity index (χ0v) is 17.6. The van der Waals surface area contributed by atoms with Gasteiger partial charge in [0.15, 0.2) is 0 Å². The summed E-state index contributed by atoms with van der Waals surface area (Å²) in [7, 11) is 0. The highest BCUT2D eigenvalue weighted by Crippen LogP contribution is 2.70. The lowest BCUT2D eigenvalue weighted by atomic mass is 9.41. The first-order valence-corrected chi connectivity index (χ1v) is 11.4. The van der Waals surface area contributed by atoms with Crippen molar-refractivity contribution in [2.45, 2.75) is 81.7 Å². The summed E-state index contributed by atoms with van der Waals surface area (Å²) in [5.41, 5.74) is -3.12. The van der Waals surface area contributed by atoms with E-state index in [1.165, 1.54) is 6.08 Å². The maximum absolute atomic E-state index is 12.1. The molecule has 0 radical (unpaired) electrons. The van der Waals surface area contributed by atoms with Crippen molar-refractivity contribution in [3.05, 3.63) is 11.6 Å². The Bertz CT molecular complexity index is 782. The highest BCUT2D eigenvalue weighted by molar-refractivity contribution is 5.85. The van der Waals surface area contributed by atoms with Crippen molar-refractivity contribution in [1.82, 2.24) is 0 Å². The van der Waals surface area contributed by atoms with Gasteiger partial charge in [-0.15, -0.1) is 0 Å². The Hall–Kier alpha value is -0.990. The molecule has 5 aliphatic rings. The molecule has 0 saturated heterocycles. The Morgan fingerprint density at radius 3 is 2.53 bits per heavy atom. The fourth-order valence-electron chi connectivity index (χ4n) is 8.51. The largest absolute Gasteiger partial charge is 0.458 e. The predicted molar refractivity (Wildman–Crippen MR) is 106 cm³/mol. The lowest BCUT2D eigenvalue weighted by Gasteiger charge is -2.67. The van der Waals surface area contributed by atoms with Crippen molar-refractivity contribution in [3.63, 3.8) is 0 Å². The summed E-state index contributed by atoms with van der Waals surface area (Å²) in [6, 6.07) is 0. The molecule has 1 heterocycles. The second-order valence-electron chi connectivity index (χ2n) is 10.9. The van der Waals surface area contributed by atoms with Crippen molar-refractivity contribution >= 4 is 5.97 Å². The first-order chi connectivity index (χ1) is 14.1. The molecule has 9 atom stereocenters. The molecule has 5 rings (SSSR count). The van der Waals surface area contributed by atoms with Crippen LogP contribution in [0.2, 0.25) is 0 Å². The standard InChI is InChI=1S/C23H34O7/c1-20-15(13-8-19(27)30-11-13)4-7-23(20,29)16-3-6-22(28)10-14(25)2-5-21(22,12-24)17(16)9-18(20)26/h8,14-18,24-26,28-29H,2-7,9-12H2,1H3. The molecule has 0 spiro atoms. The first-order valence-electron chi connectivity index (χ1n) is 11.4. The van der Waals surface area contributed by atoms with E-state index >= 15 is 0 Å². The smallest absolute Gasteiger partial charge is 0.331 e. The number of carbonyl (C=O) groups excluding carboxylic acids is 1. The molecule has 0 bridgehead atoms. The summed E-state index contributed by atoms with van der Waals surface area (Å²) in [5, 5.41) is 55.9. The number of hydrogen-bond donors (Lipinski definition) is 5. The summed E-state index contributed by atoms with van der Waals surface area (Å²) in [4.78, 5) is 11.7. The van der Waals surface area contributed by atoms with Gasteiger partial charge >= 0.3 is 5.97 Å². The number of carbonyl (C=O) groups is 1. The Kier molecular flexibility index (Phi) is 4.54. The molecule has 0 amide bonds. The number of rotatable bonds is 2. The van der Waals surface area contributed by atoms with E-state index in [-0.39, 0.29) is 43.4 Å². The number of aliphatic hydroxyl groups excluding tert-OH is 3. The van der Waals surface area contributed by atoms with E-state index in [2.05, 4.69) is 0 Å². The number of cyclic esters (lactones) is 1. The van der Waals surface area contributed by atoms with Gasteiger partial charge in [-0.2, -0.15) is 0 Å². The quantitative estimate of drug-likeness (QED) is 0.414. The van der Waals surface area contributed by atoms with Crippen LogP contribution in [0, 0.1) is 28.6 Å². The maximum Gasteiger partial charge on any atom is 0.331 e. The van der Waals surface area contributed by atoms with Crippen LogP contribution < -0.4 is 0 Å². The minimum Gasteiger partial charge on any atom is -0.458 e. The third-order valence-electron chi connectivity index (χ3n) is 10.2. The van der Waals surface area contributed by atoms with E-state index in [0.717, 1.165) is 5.57 Å². The molecule has 5 N–H and O–H groups in total. The van der Waals surface area contributed by atoms with E-state index in [1.54, 1.807) is 0 Å². The number of aliphatic hydroxyl groups is 5. The van der Waals surface area contributed by atoms with E-state index in [1.807, 2.05) is 6.92 Å². The second kappa shape index (κ2) is 6.51. The summed E-state index contributed by atoms with van der Waals surface area (Å²) in [6.45, 7) is 1.94. The normalized spacial score (nSPS) is 55.3. The highest BCUT2D eigenvalue weighted by atomic mass is 16.5. The zero-order valence-electron chi connectivity index (χ0n) is 17.6. The summed E-state index contributed by atoms with van der Waals surface area (Å²) in [5.74, 6) is -0.882. The van der Waals surface area contributed by atoms with Crippen LogP contribution in [-0.4, -0.2) is 68.1 Å². The van der Waals surface area contributed by atoms with Gasteiger partial charge in [-0.25, -0.2) is 4.79 Å². The second-order valence-corrected chi connectivity index (χ2v) is 10.9. The number of esters is 1. The molecule has 168 valence electrons. The molecular weight excluding hydrogens is 388 g/mol. The van der Waals surface area contributed by atoms with Crippen LogP contribution in [0.4, 0.5) is 0 Å². The minimum atomic E-state index is -1.18. The monoisotopic (exact) mass is 422 g/mol. The molecule has 30 heavy (non-hydrogen) atoms. The number of hydrogen-bond acceptors (Lipinski definition) is 7. The van der Waals surface area contributed by atoms with Crippen molar-refractivity contribution in [2.24, 2.45) is 28.6 Å². The molecule has 7 heteroatoms. The molecule has 4 fully saturated rings. The molecule has 4 aliphatic carbocycles. The molecule has 0 aromatic carbocycles. The van der Waals surface area contributed by atoms with Crippen LogP contribution in [0.25, 0.3) is 0 Å². The maximum atomic E-state index is 12.1. The average Bonchev–Trinajstić information content (AvgIpc) is 3.23. The van der Waals surface area contributed by atoms with Crippen LogP contribution >= 0.6 is 0 Å². The first kappa shape index (κ1) is 20.9. The molecule has 4 saturated carbocycles. The van der Waals surface area contributed by atoms with Crippen LogP contribution in [0.1, 0.15) is 58.3 Å². The fourth-order valence-corrected chi connectivity index (χ4v) is 8.51. The van der Waals surface area contributed by atoms with Crippen molar-refractivity contribution < 1.29 is 35.1 Å². The van der Waals surface area contributed by atoms with Crippen LogP contribution in [0.5, 0.6) is 0 Å². The fraction of sp³-hybridized carbons (Fsp3) is 0.870. The van der Waals surface area contributed by atoms with Crippen LogP contribution in [0.15, 0.2) is 11.6 Å². The topological polar surface area (TPSA) is 127 Å². The zero-order chi connectivity index (χ0) is 21.5. The number of fused-ring (bicyclic) bond motifs is 5. The highest BCUT2D eigenvalue weighted by Gasteiger charge is 2.73. The SMILES string of the molecule is CC12C(O)CC3C(CCC4(O)CC(O)CCC34CO)C1(O)CCC2C1=CC(=O)OC1. The molecule has 1 aliphatic heterocycles. The predicted octanol–water partition coefficient (Wildman–Crippen LogP) is 0.662. The molecular formula is C23H34O7. The lowest BCUT2D eigenvalue weighted by Crippen LogP contribution is -2.72. The van der Waals surface area contributed by atoms with Gasteiger partial charge in [0.05, 0.1) is 30.0 Å². The average molecular weight is 423 g/mol. The summed E-state index contributed by atoms with van der Waals surface area (Å²) in [6.07, 6.45) is 3.92. The van der Waals surface area contributed by atoms with Gasteiger partial charge in [0.25, 0.3) is 0 Å². The van der Waals surface area contributed by atoms with Crippen molar-refractivity contribution in [1.29, 1.82) is 0 Å². The third kappa shape index (κ3) is 2.36. The third-order valence-corrected chi connectivity index (χ3v) is 10.2. The minimum absolute atomic E-state index is 0.135.